The molecule has 0 atom stereocenters. The number of sulfonamides is 1. The minimum Gasteiger partial charge on any atom is -0.412 e. The van der Waals surface area contributed by atoms with E-state index in [1.165, 1.54) is 28.6 Å². The molecule has 0 radical (unpaired) electrons. The van der Waals surface area contributed by atoms with Crippen LogP contribution in [-0.4, -0.2) is 50.7 Å². The lowest BCUT2D eigenvalue weighted by Gasteiger charge is -2.29. The van der Waals surface area contributed by atoms with E-state index in [1.54, 1.807) is 0 Å². The molecule has 1 aliphatic rings. The van der Waals surface area contributed by atoms with Crippen molar-refractivity contribution in [1.82, 2.24) is 14.5 Å². The number of hydrogen-bond acceptors (Lipinski definition) is 7. The van der Waals surface area contributed by atoms with E-state index >= 15 is 0 Å². The number of halogens is 1. The van der Waals surface area contributed by atoms with Crippen LogP contribution in [-0.2, 0) is 25.6 Å². The van der Waals surface area contributed by atoms with Crippen molar-refractivity contribution in [2.45, 2.75) is 29.7 Å². The van der Waals surface area contributed by atoms with Gasteiger partial charge in [-0.15, -0.1) is 5.10 Å². The van der Waals surface area contributed by atoms with Crippen molar-refractivity contribution in [3.8, 4) is 0 Å². The van der Waals surface area contributed by atoms with E-state index in [1.807, 2.05) is 0 Å². The molecule has 26 heavy (non-hydrogen) atoms. The minimum absolute atomic E-state index is 0.185. The summed E-state index contributed by atoms with van der Waals surface area (Å²) in [5.74, 6) is -0.590. The molecule has 1 aromatic heterocycles. The summed E-state index contributed by atoms with van der Waals surface area (Å²) >= 11 is 0. The predicted octanol–water partition coefficient (Wildman–Crippen LogP) is 1.32. The number of hydrogen-bond donors (Lipinski definition) is 0. The van der Waals surface area contributed by atoms with Crippen molar-refractivity contribution >= 4 is 19.9 Å². The van der Waals surface area contributed by atoms with Crippen LogP contribution < -0.4 is 0 Å². The third kappa shape index (κ3) is 4.27. The molecular formula is C15H18FN3O5S2. The lowest BCUT2D eigenvalue weighted by Crippen LogP contribution is -2.38. The van der Waals surface area contributed by atoms with Gasteiger partial charge in [0.15, 0.2) is 0 Å². The highest BCUT2D eigenvalue weighted by atomic mass is 32.2. The van der Waals surface area contributed by atoms with Crippen LogP contribution in [0.5, 0.6) is 0 Å². The summed E-state index contributed by atoms with van der Waals surface area (Å²) in [5, 5.41) is 6.86. The van der Waals surface area contributed by atoms with E-state index < -0.39 is 30.9 Å². The number of rotatable bonds is 5. The summed E-state index contributed by atoms with van der Waals surface area (Å²) in [6.07, 6.45) is 1.89. The van der Waals surface area contributed by atoms with Crippen LogP contribution in [0.2, 0.25) is 0 Å². The summed E-state index contributed by atoms with van der Waals surface area (Å²) in [5.41, 5.74) is 0.517. The first-order chi connectivity index (χ1) is 12.1. The van der Waals surface area contributed by atoms with E-state index in [4.69, 9.17) is 4.42 Å². The maximum atomic E-state index is 12.9. The zero-order valence-electron chi connectivity index (χ0n) is 14.0. The molecule has 1 fully saturated rings. The van der Waals surface area contributed by atoms with Gasteiger partial charge in [-0.2, -0.15) is 0 Å². The fraction of sp³-hybridized carbons (Fsp3) is 0.467. The van der Waals surface area contributed by atoms with Crippen molar-refractivity contribution in [3.63, 3.8) is 0 Å². The second kappa shape index (κ2) is 7.05. The Morgan fingerprint density at radius 1 is 1.12 bits per heavy atom. The fourth-order valence-corrected chi connectivity index (χ4v) is 4.79. The van der Waals surface area contributed by atoms with Gasteiger partial charge < -0.3 is 4.42 Å². The first kappa shape index (κ1) is 18.9. The molecule has 1 aliphatic heterocycles. The van der Waals surface area contributed by atoms with E-state index in [2.05, 4.69) is 10.2 Å². The lowest BCUT2D eigenvalue weighted by atomic mass is 9.98. The van der Waals surface area contributed by atoms with Crippen molar-refractivity contribution < 1.29 is 25.6 Å². The topological polar surface area (TPSA) is 110 Å². The van der Waals surface area contributed by atoms with Gasteiger partial charge in [0.05, 0.1) is 5.75 Å². The van der Waals surface area contributed by atoms with Crippen molar-refractivity contribution in [3.05, 3.63) is 41.5 Å². The zero-order chi connectivity index (χ0) is 18.9. The molecule has 3 rings (SSSR count). The van der Waals surface area contributed by atoms with E-state index in [-0.39, 0.29) is 30.7 Å². The number of nitrogens with zero attached hydrogens (tertiary/aromatic N) is 3. The van der Waals surface area contributed by atoms with Gasteiger partial charge in [0, 0.05) is 25.3 Å². The van der Waals surface area contributed by atoms with Crippen LogP contribution in [0.1, 0.15) is 30.2 Å². The normalized spacial score (nSPS) is 17.5. The Morgan fingerprint density at radius 2 is 1.73 bits per heavy atom. The number of benzene rings is 1. The summed E-state index contributed by atoms with van der Waals surface area (Å²) in [4.78, 5) is 0. The maximum Gasteiger partial charge on any atom is 0.335 e. The third-order valence-electron chi connectivity index (χ3n) is 4.20. The van der Waals surface area contributed by atoms with Gasteiger partial charge in [-0.3, -0.25) is 0 Å². The first-order valence-electron chi connectivity index (χ1n) is 7.91. The SMILES string of the molecule is CS(=O)(=O)c1nnc(C2CCN(S(=O)(=O)Cc3ccc(F)cc3)CC2)o1. The molecule has 0 unspecified atom stereocenters. The molecule has 2 aromatic rings. The van der Waals surface area contributed by atoms with E-state index in [0.29, 0.717) is 18.4 Å². The number of sulfone groups is 1. The second-order valence-corrected chi connectivity index (χ2v) is 10.1. The molecule has 0 amide bonds. The Labute approximate surface area is 151 Å². The van der Waals surface area contributed by atoms with Crippen LogP contribution >= 0.6 is 0 Å². The first-order valence-corrected chi connectivity index (χ1v) is 11.4. The van der Waals surface area contributed by atoms with Crippen molar-refractivity contribution in [2.24, 2.45) is 0 Å². The fourth-order valence-electron chi connectivity index (χ4n) is 2.80. The Balaban J connectivity index is 1.64. The molecule has 1 aromatic carbocycles. The highest BCUT2D eigenvalue weighted by Gasteiger charge is 2.31. The number of piperidine rings is 1. The Morgan fingerprint density at radius 3 is 2.27 bits per heavy atom. The molecule has 11 heteroatoms. The van der Waals surface area contributed by atoms with E-state index in [0.717, 1.165) is 6.26 Å². The molecule has 142 valence electrons. The highest BCUT2D eigenvalue weighted by Crippen LogP contribution is 2.29. The second-order valence-electron chi connectivity index (χ2n) is 6.23. The van der Waals surface area contributed by atoms with Crippen LogP contribution in [0.25, 0.3) is 0 Å². The average molecular weight is 403 g/mol. The Hall–Kier alpha value is -1.85. The summed E-state index contributed by atoms with van der Waals surface area (Å²) in [7, 11) is -7.09. The standard InChI is InChI=1S/C15H18FN3O5S2/c1-25(20,21)15-18-17-14(24-15)12-6-8-19(9-7-12)26(22,23)10-11-2-4-13(16)5-3-11/h2-5,12H,6-10H2,1H3. The quantitative estimate of drug-likeness (QED) is 0.740. The zero-order valence-corrected chi connectivity index (χ0v) is 15.6. The van der Waals surface area contributed by atoms with Crippen molar-refractivity contribution in [1.29, 1.82) is 0 Å². The van der Waals surface area contributed by atoms with Gasteiger partial charge in [0.1, 0.15) is 5.82 Å². The van der Waals surface area contributed by atoms with Gasteiger partial charge in [0.2, 0.25) is 25.8 Å². The minimum atomic E-state index is -3.57. The third-order valence-corrected chi connectivity index (χ3v) is 6.85. The molecule has 0 N–H and O–H groups in total. The molecule has 8 nitrogen and oxygen atoms in total. The molecule has 0 spiro atoms. The molecular weight excluding hydrogens is 385 g/mol. The van der Waals surface area contributed by atoms with Crippen LogP contribution in [0, 0.1) is 5.82 Å². The van der Waals surface area contributed by atoms with E-state index in [9.17, 15) is 21.2 Å². The summed E-state index contributed by atoms with van der Waals surface area (Å²) < 4.78 is 67.4. The van der Waals surface area contributed by atoms with Gasteiger partial charge in [-0.1, -0.05) is 17.2 Å². The van der Waals surface area contributed by atoms with Gasteiger partial charge >= 0.3 is 5.22 Å². The highest BCUT2D eigenvalue weighted by molar-refractivity contribution is 7.90. The number of aromatic nitrogens is 2. The van der Waals surface area contributed by atoms with Crippen LogP contribution in [0.15, 0.2) is 33.9 Å². The molecule has 0 saturated carbocycles. The molecule has 1 saturated heterocycles. The van der Waals surface area contributed by atoms with Gasteiger partial charge in [-0.05, 0) is 30.5 Å². The molecule has 2 heterocycles. The van der Waals surface area contributed by atoms with Gasteiger partial charge in [-0.25, -0.2) is 25.5 Å². The molecule has 0 aliphatic carbocycles. The maximum absolute atomic E-state index is 12.9. The van der Waals surface area contributed by atoms with Gasteiger partial charge in [0.25, 0.3) is 0 Å². The Bertz CT molecular complexity index is 979. The van der Waals surface area contributed by atoms with Crippen molar-refractivity contribution in [2.75, 3.05) is 19.3 Å². The Kier molecular flexibility index (Phi) is 5.13. The van der Waals surface area contributed by atoms with Crippen LogP contribution in [0.4, 0.5) is 4.39 Å². The van der Waals surface area contributed by atoms with Crippen LogP contribution in [0.3, 0.4) is 0 Å². The summed E-state index contributed by atoms with van der Waals surface area (Å²) in [6, 6.07) is 5.35. The predicted molar refractivity (Wildman–Crippen MR) is 90.0 cm³/mol. The smallest absolute Gasteiger partial charge is 0.335 e. The molecule has 0 bridgehead atoms. The largest absolute Gasteiger partial charge is 0.412 e. The average Bonchev–Trinajstić information content (AvgIpc) is 3.07. The monoisotopic (exact) mass is 403 g/mol. The lowest BCUT2D eigenvalue weighted by molar-refractivity contribution is 0.278. The summed E-state index contributed by atoms with van der Waals surface area (Å²) in [6.45, 7) is 0.537.